The van der Waals surface area contributed by atoms with E-state index in [4.69, 9.17) is 0 Å². The Balaban J connectivity index is 3.82. The monoisotopic (exact) mass is 121 g/mol. The highest BCUT2D eigenvalue weighted by atomic mass is 19.4. The van der Waals surface area contributed by atoms with Crippen LogP contribution < -0.4 is 0 Å². The summed E-state index contributed by atoms with van der Waals surface area (Å²) in [5.41, 5.74) is -0.794. The van der Waals surface area contributed by atoms with Gasteiger partial charge in [-0.2, -0.15) is 13.2 Å². The Morgan fingerprint density at radius 2 is 1.88 bits per heavy atom. The predicted octanol–water partition coefficient (Wildman–Crippen LogP) is 1.81. The summed E-state index contributed by atoms with van der Waals surface area (Å²) < 4.78 is 34.0. The average molecular weight is 121 g/mol. The molecule has 0 spiro atoms. The fourth-order valence-electron chi connectivity index (χ4n) is 0.164. The number of allylic oxidation sites excluding steroid dienone is 1. The van der Waals surface area contributed by atoms with Crippen LogP contribution in [-0.2, 0) is 0 Å². The maximum atomic E-state index is 11.3. The molecule has 0 N–H and O–H groups in total. The molecule has 0 rings (SSSR count). The van der Waals surface area contributed by atoms with Gasteiger partial charge in [-0.1, -0.05) is 6.82 Å². The van der Waals surface area contributed by atoms with E-state index in [0.717, 1.165) is 7.28 Å². The summed E-state index contributed by atoms with van der Waals surface area (Å²) in [6.45, 7) is 4.07. The van der Waals surface area contributed by atoms with E-state index in [1.807, 2.05) is 0 Å². The molecule has 0 aliphatic heterocycles. The van der Waals surface area contributed by atoms with Crippen LogP contribution in [0.25, 0.3) is 0 Å². The quantitative estimate of drug-likeness (QED) is 0.464. The van der Waals surface area contributed by atoms with Crippen molar-refractivity contribution in [2.45, 2.75) is 13.0 Å². The first-order chi connectivity index (χ1) is 3.48. The number of alkyl halides is 3. The van der Waals surface area contributed by atoms with E-state index in [2.05, 4.69) is 6.58 Å². The molecule has 45 valence electrons. The SMILES string of the molecule is C=C([B]C)C(F)(F)F. The zero-order valence-corrected chi connectivity index (χ0v) is 4.42. The van der Waals surface area contributed by atoms with E-state index >= 15 is 0 Å². The molecule has 0 saturated heterocycles. The maximum absolute atomic E-state index is 11.3. The van der Waals surface area contributed by atoms with Crippen LogP contribution in [0.1, 0.15) is 0 Å². The van der Waals surface area contributed by atoms with Crippen molar-refractivity contribution in [2.75, 3.05) is 0 Å². The van der Waals surface area contributed by atoms with E-state index < -0.39 is 11.6 Å². The van der Waals surface area contributed by atoms with Crippen LogP contribution in [0, 0.1) is 0 Å². The maximum Gasteiger partial charge on any atom is 0.403 e. The first-order valence-electron chi connectivity index (χ1n) is 2.04. The van der Waals surface area contributed by atoms with Gasteiger partial charge >= 0.3 is 6.18 Å². The van der Waals surface area contributed by atoms with Crippen LogP contribution in [0.3, 0.4) is 0 Å². The lowest BCUT2D eigenvalue weighted by atomic mass is 9.73. The molecule has 0 atom stereocenters. The minimum Gasteiger partial charge on any atom is -0.167 e. The molecule has 0 bridgehead atoms. The van der Waals surface area contributed by atoms with E-state index in [1.165, 1.54) is 6.82 Å². The van der Waals surface area contributed by atoms with Crippen LogP contribution in [0.15, 0.2) is 12.1 Å². The number of halogens is 3. The molecule has 0 nitrogen and oxygen atoms in total. The minimum atomic E-state index is -4.24. The number of rotatable bonds is 1. The topological polar surface area (TPSA) is 0 Å². The lowest BCUT2D eigenvalue weighted by Crippen LogP contribution is -2.13. The second kappa shape index (κ2) is 2.24. The van der Waals surface area contributed by atoms with Crippen molar-refractivity contribution in [3.05, 3.63) is 12.1 Å². The second-order valence-corrected chi connectivity index (χ2v) is 1.31. The van der Waals surface area contributed by atoms with Gasteiger partial charge < -0.3 is 0 Å². The molecule has 0 aromatic carbocycles. The van der Waals surface area contributed by atoms with Crippen molar-refractivity contribution in [1.82, 2.24) is 0 Å². The van der Waals surface area contributed by atoms with E-state index in [9.17, 15) is 13.2 Å². The average Bonchev–Trinajstić information content (AvgIpc) is 1.62. The molecular formula is C4H5BF3. The smallest absolute Gasteiger partial charge is 0.167 e. The molecule has 0 fully saturated rings. The van der Waals surface area contributed by atoms with Gasteiger partial charge in [0.1, 0.15) is 0 Å². The highest BCUT2D eigenvalue weighted by molar-refractivity contribution is 6.43. The van der Waals surface area contributed by atoms with Crippen molar-refractivity contribution in [3.63, 3.8) is 0 Å². The van der Waals surface area contributed by atoms with Crippen LogP contribution in [0.4, 0.5) is 13.2 Å². The zero-order chi connectivity index (χ0) is 6.78. The Morgan fingerprint density at radius 1 is 1.50 bits per heavy atom. The second-order valence-electron chi connectivity index (χ2n) is 1.31. The normalized spacial score (nSPS) is 11.0. The van der Waals surface area contributed by atoms with Crippen molar-refractivity contribution >= 4 is 7.28 Å². The molecule has 0 unspecified atom stereocenters. The minimum absolute atomic E-state index is 0.794. The first kappa shape index (κ1) is 7.59. The number of hydrogen-bond donors (Lipinski definition) is 0. The summed E-state index contributed by atoms with van der Waals surface area (Å²) >= 11 is 0. The van der Waals surface area contributed by atoms with Gasteiger partial charge in [0.15, 0.2) is 7.28 Å². The van der Waals surface area contributed by atoms with Crippen molar-refractivity contribution in [3.8, 4) is 0 Å². The zero-order valence-electron chi connectivity index (χ0n) is 4.42. The van der Waals surface area contributed by atoms with Gasteiger partial charge in [-0.05, 0) is 5.47 Å². The third-order valence-corrected chi connectivity index (χ3v) is 0.713. The summed E-state index contributed by atoms with van der Waals surface area (Å²) in [4.78, 5) is 0. The molecule has 0 aromatic rings. The van der Waals surface area contributed by atoms with Crippen molar-refractivity contribution < 1.29 is 13.2 Å². The summed E-state index contributed by atoms with van der Waals surface area (Å²) in [6, 6.07) is 0. The summed E-state index contributed by atoms with van der Waals surface area (Å²) in [7, 11) is 0.931. The van der Waals surface area contributed by atoms with E-state index in [0.29, 0.717) is 0 Å². The fourth-order valence-corrected chi connectivity index (χ4v) is 0.164. The molecule has 8 heavy (non-hydrogen) atoms. The Hall–Kier alpha value is -0.405. The lowest BCUT2D eigenvalue weighted by Gasteiger charge is -2.04. The molecule has 4 heteroatoms. The van der Waals surface area contributed by atoms with Gasteiger partial charge in [-0.3, -0.25) is 0 Å². The van der Waals surface area contributed by atoms with Crippen molar-refractivity contribution in [1.29, 1.82) is 0 Å². The van der Waals surface area contributed by atoms with Gasteiger partial charge in [0.2, 0.25) is 0 Å². The molecule has 0 aromatic heterocycles. The summed E-state index contributed by atoms with van der Waals surface area (Å²) in [6.07, 6.45) is -4.24. The van der Waals surface area contributed by atoms with Gasteiger partial charge in [-0.25, -0.2) is 0 Å². The molecule has 1 radical (unpaired) electrons. The molecule has 0 saturated carbocycles. The van der Waals surface area contributed by atoms with Gasteiger partial charge in [-0.15, -0.1) is 6.58 Å². The summed E-state index contributed by atoms with van der Waals surface area (Å²) in [5.74, 6) is 0. The Kier molecular flexibility index (Phi) is 2.13. The highest BCUT2D eigenvalue weighted by Gasteiger charge is 2.29. The third kappa shape index (κ3) is 2.05. The Bertz CT molecular complexity index is 93.9. The van der Waals surface area contributed by atoms with Gasteiger partial charge in [0, 0.05) is 0 Å². The van der Waals surface area contributed by atoms with Gasteiger partial charge in [0.05, 0.1) is 0 Å². The van der Waals surface area contributed by atoms with E-state index in [1.54, 1.807) is 0 Å². The Labute approximate surface area is 46.6 Å². The highest BCUT2D eigenvalue weighted by Crippen LogP contribution is 2.22. The van der Waals surface area contributed by atoms with Gasteiger partial charge in [0.25, 0.3) is 0 Å². The number of hydrogen-bond acceptors (Lipinski definition) is 0. The molecule has 0 aliphatic carbocycles. The first-order valence-corrected chi connectivity index (χ1v) is 2.04. The molecule has 0 amide bonds. The van der Waals surface area contributed by atoms with Crippen LogP contribution in [0.5, 0.6) is 0 Å². The lowest BCUT2D eigenvalue weighted by molar-refractivity contribution is -0.0845. The Morgan fingerprint density at radius 3 is 1.88 bits per heavy atom. The fraction of sp³-hybridized carbons (Fsp3) is 0.500. The van der Waals surface area contributed by atoms with Crippen LogP contribution in [0.2, 0.25) is 6.82 Å². The molecule has 0 heterocycles. The molecular weight excluding hydrogens is 116 g/mol. The standard InChI is InChI=1S/C4H5BF3/c1-3(5-2)4(6,7)8/h1H2,2H3. The van der Waals surface area contributed by atoms with Crippen molar-refractivity contribution in [2.24, 2.45) is 0 Å². The molecule has 0 aliphatic rings. The van der Waals surface area contributed by atoms with Crippen LogP contribution in [-0.4, -0.2) is 13.5 Å². The predicted molar refractivity (Wildman–Crippen MR) is 26.8 cm³/mol. The summed E-state index contributed by atoms with van der Waals surface area (Å²) in [5, 5.41) is 0. The van der Waals surface area contributed by atoms with E-state index in [-0.39, 0.29) is 0 Å². The largest absolute Gasteiger partial charge is 0.403 e. The third-order valence-electron chi connectivity index (χ3n) is 0.713. The van der Waals surface area contributed by atoms with Crippen LogP contribution >= 0.6 is 0 Å².